The van der Waals surface area contributed by atoms with E-state index in [1.165, 1.54) is 22.1 Å². The number of ether oxygens (including phenoxy) is 2. The Labute approximate surface area is 228 Å². The minimum absolute atomic E-state index is 0.0276. The summed E-state index contributed by atoms with van der Waals surface area (Å²) < 4.78 is 14.2. The molecule has 3 aromatic rings. The van der Waals surface area contributed by atoms with Gasteiger partial charge in [0.25, 0.3) is 0 Å². The Bertz CT molecular complexity index is 1350. The van der Waals surface area contributed by atoms with Crippen LogP contribution in [0.3, 0.4) is 0 Å². The molecule has 0 radical (unpaired) electrons. The third-order valence-electron chi connectivity index (χ3n) is 7.43. The number of morpholine rings is 1. The summed E-state index contributed by atoms with van der Waals surface area (Å²) in [5.41, 5.74) is 1.85. The Morgan fingerprint density at radius 1 is 1.16 bits per heavy atom. The van der Waals surface area contributed by atoms with E-state index in [0.717, 1.165) is 31.7 Å². The van der Waals surface area contributed by atoms with Gasteiger partial charge in [-0.05, 0) is 61.1 Å². The molecule has 3 heterocycles. The highest BCUT2D eigenvalue weighted by Crippen LogP contribution is 2.30. The molecule has 202 valence electrons. The molecule has 0 N–H and O–H groups in total. The van der Waals surface area contributed by atoms with Crippen LogP contribution in [-0.4, -0.2) is 64.0 Å². The number of ketones is 1. The van der Waals surface area contributed by atoms with Crippen molar-refractivity contribution in [1.29, 1.82) is 0 Å². The lowest BCUT2D eigenvalue weighted by Crippen LogP contribution is -2.46. The van der Waals surface area contributed by atoms with E-state index < -0.39 is 0 Å². The van der Waals surface area contributed by atoms with Crippen molar-refractivity contribution in [3.05, 3.63) is 69.4 Å². The van der Waals surface area contributed by atoms with E-state index in [9.17, 15) is 9.59 Å². The number of halogens is 1. The minimum Gasteiger partial charge on any atom is -0.494 e. The minimum atomic E-state index is -0.379. The van der Waals surface area contributed by atoms with Gasteiger partial charge in [-0.15, -0.1) is 5.10 Å². The fraction of sp³-hybridized carbons (Fsp3) is 0.483. The van der Waals surface area contributed by atoms with Gasteiger partial charge >= 0.3 is 5.69 Å². The van der Waals surface area contributed by atoms with Gasteiger partial charge in [0.1, 0.15) is 23.0 Å². The summed E-state index contributed by atoms with van der Waals surface area (Å²) in [7, 11) is 1.59. The number of Topliss-reactive ketones (excluding diaryl/α,β-unsaturated/α-hetero) is 1. The average Bonchev–Trinajstić information content (AvgIpc) is 3.31. The van der Waals surface area contributed by atoms with Crippen molar-refractivity contribution >= 4 is 17.4 Å². The van der Waals surface area contributed by atoms with Gasteiger partial charge in [-0.2, -0.15) is 4.68 Å². The van der Waals surface area contributed by atoms with Crippen molar-refractivity contribution in [3.8, 4) is 17.1 Å². The molecule has 2 aliphatic heterocycles. The average molecular weight is 539 g/mol. The summed E-state index contributed by atoms with van der Waals surface area (Å²) in [4.78, 5) is 29.0. The van der Waals surface area contributed by atoms with Crippen LogP contribution >= 0.6 is 11.6 Å². The molecule has 38 heavy (non-hydrogen) atoms. The molecule has 9 heteroatoms. The number of hydrogen-bond acceptors (Lipinski definition) is 6. The molecule has 5 rings (SSSR count). The Kier molecular flexibility index (Phi) is 8.02. The van der Waals surface area contributed by atoms with Crippen molar-refractivity contribution in [1.82, 2.24) is 19.2 Å². The predicted molar refractivity (Wildman–Crippen MR) is 147 cm³/mol. The number of methoxy groups -OCH3 is 1. The summed E-state index contributed by atoms with van der Waals surface area (Å²) in [6.45, 7) is 6.60. The zero-order chi connectivity index (χ0) is 26.8. The SMILES string of the molecule is COc1cc(CCN2C3CCC2COC3)ccc1-n1nc(CC(=O)CC(C)C)n(-c2cccc(Cl)c2)c1=O. The van der Waals surface area contributed by atoms with E-state index in [-0.39, 0.29) is 23.8 Å². The van der Waals surface area contributed by atoms with E-state index in [4.69, 9.17) is 21.1 Å². The second-order valence-corrected chi connectivity index (χ2v) is 11.1. The lowest BCUT2D eigenvalue weighted by atomic mass is 10.1. The van der Waals surface area contributed by atoms with E-state index in [1.54, 1.807) is 31.4 Å². The molecular formula is C29H35ClN4O4. The van der Waals surface area contributed by atoms with Crippen LogP contribution in [0.25, 0.3) is 11.4 Å². The van der Waals surface area contributed by atoms with Crippen molar-refractivity contribution in [2.24, 2.45) is 5.92 Å². The summed E-state index contributed by atoms with van der Waals surface area (Å²) in [6, 6.07) is 13.9. The lowest BCUT2D eigenvalue weighted by molar-refractivity contribution is -0.119. The van der Waals surface area contributed by atoms with Crippen LogP contribution in [0.5, 0.6) is 5.75 Å². The Morgan fingerprint density at radius 2 is 1.92 bits per heavy atom. The van der Waals surface area contributed by atoms with Crippen LogP contribution < -0.4 is 10.4 Å². The van der Waals surface area contributed by atoms with Crippen LogP contribution in [0.15, 0.2) is 47.3 Å². The molecule has 2 saturated heterocycles. The van der Waals surface area contributed by atoms with E-state index >= 15 is 0 Å². The number of hydrogen-bond donors (Lipinski definition) is 0. The monoisotopic (exact) mass is 538 g/mol. The number of nitrogens with zero attached hydrogens (tertiary/aromatic N) is 4. The van der Waals surface area contributed by atoms with Gasteiger partial charge in [-0.1, -0.05) is 37.6 Å². The molecule has 8 nitrogen and oxygen atoms in total. The summed E-state index contributed by atoms with van der Waals surface area (Å²) in [5.74, 6) is 1.18. The number of carbonyl (C=O) groups excluding carboxylic acids is 1. The van der Waals surface area contributed by atoms with Crippen molar-refractivity contribution in [3.63, 3.8) is 0 Å². The largest absolute Gasteiger partial charge is 0.494 e. The number of carbonyl (C=O) groups is 1. The summed E-state index contributed by atoms with van der Waals surface area (Å²) >= 11 is 6.23. The molecule has 2 bridgehead atoms. The topological polar surface area (TPSA) is 78.6 Å². The van der Waals surface area contributed by atoms with E-state index in [0.29, 0.717) is 46.5 Å². The number of benzene rings is 2. The van der Waals surface area contributed by atoms with Gasteiger partial charge in [-0.25, -0.2) is 9.36 Å². The van der Waals surface area contributed by atoms with Gasteiger partial charge in [0.2, 0.25) is 0 Å². The lowest BCUT2D eigenvalue weighted by Gasteiger charge is -2.34. The fourth-order valence-electron chi connectivity index (χ4n) is 5.65. The van der Waals surface area contributed by atoms with Gasteiger partial charge in [0, 0.05) is 30.1 Å². The zero-order valence-corrected chi connectivity index (χ0v) is 23.0. The summed E-state index contributed by atoms with van der Waals surface area (Å²) in [5, 5.41) is 5.12. The first-order chi connectivity index (χ1) is 18.3. The van der Waals surface area contributed by atoms with Gasteiger partial charge in [0.15, 0.2) is 0 Å². The second kappa shape index (κ2) is 11.4. The Morgan fingerprint density at radius 3 is 2.61 bits per heavy atom. The molecule has 0 saturated carbocycles. The molecule has 0 aliphatic carbocycles. The van der Waals surface area contributed by atoms with Crippen LogP contribution in [0.4, 0.5) is 0 Å². The molecule has 1 aromatic heterocycles. The maximum absolute atomic E-state index is 13.7. The molecule has 2 aromatic carbocycles. The van der Waals surface area contributed by atoms with Crippen molar-refractivity contribution < 1.29 is 14.3 Å². The smallest absolute Gasteiger partial charge is 0.355 e. The second-order valence-electron chi connectivity index (χ2n) is 10.7. The highest BCUT2D eigenvalue weighted by atomic mass is 35.5. The number of aromatic nitrogens is 3. The van der Waals surface area contributed by atoms with Gasteiger partial charge < -0.3 is 9.47 Å². The molecule has 0 spiro atoms. The van der Waals surface area contributed by atoms with Crippen LogP contribution in [0.1, 0.15) is 44.5 Å². The quantitative estimate of drug-likeness (QED) is 0.384. The van der Waals surface area contributed by atoms with Crippen molar-refractivity contribution in [2.75, 3.05) is 26.9 Å². The van der Waals surface area contributed by atoms with Crippen LogP contribution in [0.2, 0.25) is 5.02 Å². The molecule has 2 fully saturated rings. The molecular weight excluding hydrogens is 504 g/mol. The first-order valence-electron chi connectivity index (χ1n) is 13.3. The number of rotatable bonds is 10. The standard InChI is InChI=1S/C29H35ClN4O4/c1-19(2)13-25(35)16-28-31-34(29(36)33(28)22-6-4-5-21(30)15-22)26-10-7-20(14-27(26)37-3)11-12-32-23-8-9-24(32)18-38-17-23/h4-7,10,14-15,19,23-24H,8-9,11-13,16-18H2,1-3H3. The first kappa shape index (κ1) is 26.7. The molecule has 2 unspecified atom stereocenters. The number of fused-ring (bicyclic) bond motifs is 2. The van der Waals surface area contributed by atoms with Crippen LogP contribution in [0, 0.1) is 5.92 Å². The van der Waals surface area contributed by atoms with Gasteiger partial charge in [-0.3, -0.25) is 9.69 Å². The third kappa shape index (κ3) is 5.58. The van der Waals surface area contributed by atoms with Gasteiger partial charge in [0.05, 0.1) is 32.4 Å². The predicted octanol–water partition coefficient (Wildman–Crippen LogP) is 4.25. The third-order valence-corrected chi connectivity index (χ3v) is 7.66. The molecule has 2 aliphatic rings. The maximum atomic E-state index is 13.7. The first-order valence-corrected chi connectivity index (χ1v) is 13.7. The molecule has 0 amide bonds. The highest BCUT2D eigenvalue weighted by Gasteiger charge is 2.36. The maximum Gasteiger partial charge on any atom is 0.355 e. The summed E-state index contributed by atoms with van der Waals surface area (Å²) in [6.07, 6.45) is 3.75. The molecule has 2 atom stereocenters. The normalized spacial score (nSPS) is 19.3. The highest BCUT2D eigenvalue weighted by molar-refractivity contribution is 6.30. The fourth-order valence-corrected chi connectivity index (χ4v) is 5.83. The van der Waals surface area contributed by atoms with E-state index in [2.05, 4.69) is 10.00 Å². The van der Waals surface area contributed by atoms with Crippen molar-refractivity contribution in [2.45, 2.75) is 58.0 Å². The van der Waals surface area contributed by atoms with Crippen LogP contribution in [-0.2, 0) is 22.4 Å². The zero-order valence-electron chi connectivity index (χ0n) is 22.2. The Balaban J connectivity index is 1.46. The van der Waals surface area contributed by atoms with E-state index in [1.807, 2.05) is 32.0 Å². The Hall–Kier alpha value is -2.94.